The van der Waals surface area contributed by atoms with Gasteiger partial charge in [0.15, 0.2) is 0 Å². The minimum atomic E-state index is 0.496. The number of hydrogen-bond donors (Lipinski definition) is 1. The first-order chi connectivity index (χ1) is 6.22. The van der Waals surface area contributed by atoms with Crippen molar-refractivity contribution in [1.82, 2.24) is 4.98 Å². The molecule has 0 saturated heterocycles. The maximum atomic E-state index is 4.92. The highest BCUT2D eigenvalue weighted by Crippen LogP contribution is 2.07. The Balaban J connectivity index is 2.58. The Bertz CT molecular complexity index is 297. The Labute approximate surface area is 78.4 Å². The van der Waals surface area contributed by atoms with Gasteiger partial charge in [-0.3, -0.25) is 0 Å². The zero-order chi connectivity index (χ0) is 9.68. The Morgan fingerprint density at radius 1 is 1.69 bits per heavy atom. The maximum absolute atomic E-state index is 4.92. The molecule has 1 aromatic rings. The molecule has 0 amide bonds. The van der Waals surface area contributed by atoms with Crippen LogP contribution in [0.15, 0.2) is 30.6 Å². The summed E-state index contributed by atoms with van der Waals surface area (Å²) in [5, 5.41) is 3.05. The predicted molar refractivity (Wildman–Crippen MR) is 53.6 cm³/mol. The number of nitrogens with one attached hydrogen (secondary N) is 1. The van der Waals surface area contributed by atoms with Gasteiger partial charge in [-0.25, -0.2) is 4.98 Å². The smallest absolute Gasteiger partial charge is 0.130 e. The van der Waals surface area contributed by atoms with E-state index in [0.717, 1.165) is 11.5 Å². The number of rotatable bonds is 4. The molecular formula is C10H14N2O. The number of nitrogens with zero attached hydrogens (tertiary/aromatic N) is 1. The molecule has 0 aliphatic carbocycles. The van der Waals surface area contributed by atoms with Gasteiger partial charge in [0.2, 0.25) is 0 Å². The second-order valence-corrected chi connectivity index (χ2v) is 2.88. The molecule has 1 heterocycles. The largest absolute Gasteiger partial charge is 0.379 e. The zero-order valence-electron chi connectivity index (χ0n) is 8.00. The number of methoxy groups -OCH3 is 1. The minimum Gasteiger partial charge on any atom is -0.379 e. The number of hydrogen-bond acceptors (Lipinski definition) is 3. The fourth-order valence-electron chi connectivity index (χ4n) is 0.996. The van der Waals surface area contributed by atoms with Crippen molar-refractivity contribution in [1.29, 1.82) is 0 Å². The van der Waals surface area contributed by atoms with Crippen LogP contribution in [0.3, 0.4) is 0 Å². The summed E-state index contributed by atoms with van der Waals surface area (Å²) >= 11 is 0. The second-order valence-electron chi connectivity index (χ2n) is 2.88. The Kier molecular flexibility index (Phi) is 3.46. The summed E-state index contributed by atoms with van der Waals surface area (Å²) in [4.78, 5) is 4.13. The van der Waals surface area contributed by atoms with Crippen LogP contribution in [-0.2, 0) is 4.74 Å². The molecule has 0 saturated carbocycles. The molecule has 13 heavy (non-hydrogen) atoms. The number of aryl methyl sites for hydroxylation is 1. The average Bonchev–Trinajstić information content (AvgIpc) is 2.04. The highest BCUT2D eigenvalue weighted by molar-refractivity contribution is 5.42. The van der Waals surface area contributed by atoms with Gasteiger partial charge in [0, 0.05) is 19.0 Å². The van der Waals surface area contributed by atoms with Crippen LogP contribution < -0.4 is 5.32 Å². The molecule has 0 unspecified atom stereocenters. The third kappa shape index (κ3) is 3.25. The van der Waals surface area contributed by atoms with Crippen LogP contribution in [0.25, 0.3) is 0 Å². The van der Waals surface area contributed by atoms with Crippen molar-refractivity contribution in [3.63, 3.8) is 0 Å². The van der Waals surface area contributed by atoms with Gasteiger partial charge >= 0.3 is 0 Å². The molecule has 0 aromatic carbocycles. The molecule has 0 aliphatic heterocycles. The summed E-state index contributed by atoms with van der Waals surface area (Å²) in [6.07, 6.45) is 1.76. The van der Waals surface area contributed by atoms with E-state index < -0.39 is 0 Å². The lowest BCUT2D eigenvalue weighted by Crippen LogP contribution is -2.05. The Morgan fingerprint density at radius 3 is 3.08 bits per heavy atom. The van der Waals surface area contributed by atoms with Gasteiger partial charge in [-0.1, -0.05) is 6.58 Å². The second kappa shape index (κ2) is 4.62. The highest BCUT2D eigenvalue weighted by Gasteiger charge is 1.95. The van der Waals surface area contributed by atoms with E-state index in [9.17, 15) is 0 Å². The fourth-order valence-corrected chi connectivity index (χ4v) is 0.996. The Hall–Kier alpha value is -1.35. The van der Waals surface area contributed by atoms with Gasteiger partial charge in [0.1, 0.15) is 5.82 Å². The maximum Gasteiger partial charge on any atom is 0.130 e. The van der Waals surface area contributed by atoms with Gasteiger partial charge in [-0.2, -0.15) is 0 Å². The zero-order valence-corrected chi connectivity index (χ0v) is 8.00. The van der Waals surface area contributed by atoms with Crippen molar-refractivity contribution in [2.75, 3.05) is 19.0 Å². The van der Waals surface area contributed by atoms with E-state index in [1.807, 2.05) is 19.1 Å². The topological polar surface area (TPSA) is 34.1 Å². The van der Waals surface area contributed by atoms with Crippen molar-refractivity contribution in [2.45, 2.75) is 6.92 Å². The van der Waals surface area contributed by atoms with Crippen LogP contribution in [0.2, 0.25) is 0 Å². The van der Waals surface area contributed by atoms with Crippen molar-refractivity contribution >= 4 is 5.82 Å². The van der Waals surface area contributed by atoms with E-state index in [1.54, 1.807) is 13.3 Å². The first-order valence-corrected chi connectivity index (χ1v) is 4.09. The normalized spacial score (nSPS) is 9.69. The van der Waals surface area contributed by atoms with Crippen LogP contribution in [0.5, 0.6) is 0 Å². The fraction of sp³-hybridized carbons (Fsp3) is 0.300. The predicted octanol–water partition coefficient (Wildman–Crippen LogP) is 1.96. The van der Waals surface area contributed by atoms with Crippen LogP contribution in [0.1, 0.15) is 5.56 Å². The van der Waals surface area contributed by atoms with E-state index in [2.05, 4.69) is 16.9 Å². The molecule has 0 radical (unpaired) electrons. The summed E-state index contributed by atoms with van der Waals surface area (Å²) in [6.45, 7) is 6.31. The average molecular weight is 178 g/mol. The van der Waals surface area contributed by atoms with E-state index in [-0.39, 0.29) is 0 Å². The summed E-state index contributed by atoms with van der Waals surface area (Å²) in [7, 11) is 1.64. The molecule has 0 bridgehead atoms. The standard InChI is InChI=1S/C10H14N2O/c1-8-4-5-11-10(6-8)12-9(2)7-13-3/h4-6H,2,7H2,1,3H3,(H,11,12). The number of ether oxygens (including phenoxy) is 1. The van der Waals surface area contributed by atoms with E-state index in [0.29, 0.717) is 6.61 Å². The molecule has 0 spiro atoms. The molecular weight excluding hydrogens is 164 g/mol. The third-order valence-electron chi connectivity index (χ3n) is 1.54. The summed E-state index contributed by atoms with van der Waals surface area (Å²) in [5.74, 6) is 0.807. The number of anilines is 1. The quantitative estimate of drug-likeness (QED) is 0.765. The molecule has 1 rings (SSSR count). The first kappa shape index (κ1) is 9.74. The SMILES string of the molecule is C=C(COC)Nc1cc(C)ccn1. The van der Waals surface area contributed by atoms with Crippen LogP contribution >= 0.6 is 0 Å². The molecule has 70 valence electrons. The van der Waals surface area contributed by atoms with Crippen molar-refractivity contribution in [2.24, 2.45) is 0 Å². The summed E-state index contributed by atoms with van der Waals surface area (Å²) in [6, 6.07) is 3.91. The van der Waals surface area contributed by atoms with E-state index >= 15 is 0 Å². The summed E-state index contributed by atoms with van der Waals surface area (Å²) in [5.41, 5.74) is 1.98. The van der Waals surface area contributed by atoms with Gasteiger partial charge in [0.25, 0.3) is 0 Å². The number of aromatic nitrogens is 1. The van der Waals surface area contributed by atoms with Crippen molar-refractivity contribution in [3.8, 4) is 0 Å². The van der Waals surface area contributed by atoms with Gasteiger partial charge in [-0.15, -0.1) is 0 Å². The van der Waals surface area contributed by atoms with E-state index in [1.165, 1.54) is 5.56 Å². The van der Waals surface area contributed by atoms with Gasteiger partial charge < -0.3 is 10.1 Å². The number of pyridine rings is 1. The van der Waals surface area contributed by atoms with Crippen LogP contribution in [0, 0.1) is 6.92 Å². The van der Waals surface area contributed by atoms with Crippen molar-refractivity contribution < 1.29 is 4.74 Å². The van der Waals surface area contributed by atoms with Gasteiger partial charge in [-0.05, 0) is 24.6 Å². The third-order valence-corrected chi connectivity index (χ3v) is 1.54. The Morgan fingerprint density at radius 2 is 2.46 bits per heavy atom. The van der Waals surface area contributed by atoms with Crippen LogP contribution in [-0.4, -0.2) is 18.7 Å². The van der Waals surface area contributed by atoms with Crippen LogP contribution in [0.4, 0.5) is 5.82 Å². The lowest BCUT2D eigenvalue weighted by molar-refractivity contribution is 0.227. The lowest BCUT2D eigenvalue weighted by atomic mass is 10.3. The summed E-state index contributed by atoms with van der Waals surface area (Å²) < 4.78 is 4.92. The molecule has 1 aromatic heterocycles. The van der Waals surface area contributed by atoms with E-state index in [4.69, 9.17) is 4.74 Å². The molecule has 0 aliphatic rings. The molecule has 3 heteroatoms. The first-order valence-electron chi connectivity index (χ1n) is 4.09. The molecule has 3 nitrogen and oxygen atoms in total. The lowest BCUT2D eigenvalue weighted by Gasteiger charge is -2.07. The molecule has 0 atom stereocenters. The van der Waals surface area contributed by atoms with Gasteiger partial charge in [0.05, 0.1) is 6.61 Å². The molecule has 0 fully saturated rings. The minimum absolute atomic E-state index is 0.496. The highest BCUT2D eigenvalue weighted by atomic mass is 16.5. The van der Waals surface area contributed by atoms with Crippen molar-refractivity contribution in [3.05, 3.63) is 36.2 Å². The monoisotopic (exact) mass is 178 g/mol. The molecule has 1 N–H and O–H groups in total.